The molecule has 25 heavy (non-hydrogen) atoms. The summed E-state index contributed by atoms with van der Waals surface area (Å²) >= 11 is 5.04. The number of benzene rings is 1. The zero-order chi connectivity index (χ0) is 17.4. The Balaban J connectivity index is 1.48. The first kappa shape index (κ1) is 16.1. The summed E-state index contributed by atoms with van der Waals surface area (Å²) in [5.74, 6) is 0.401. The molecule has 0 radical (unpaired) electrons. The topological polar surface area (TPSA) is 70.9 Å². The zero-order valence-corrected chi connectivity index (χ0v) is 15.7. The summed E-state index contributed by atoms with van der Waals surface area (Å²) in [7, 11) is 0. The summed E-state index contributed by atoms with van der Waals surface area (Å²) in [4.78, 5) is 21.0. The van der Waals surface area contributed by atoms with E-state index in [2.05, 4.69) is 31.2 Å². The summed E-state index contributed by atoms with van der Waals surface area (Å²) in [6.45, 7) is 2.32. The minimum absolute atomic E-state index is 0.174. The lowest BCUT2D eigenvalue weighted by atomic mass is 10.2. The van der Waals surface area contributed by atoms with Gasteiger partial charge in [-0.25, -0.2) is 4.98 Å². The van der Waals surface area contributed by atoms with Gasteiger partial charge in [-0.3, -0.25) is 4.79 Å². The number of H-pyrrole nitrogens is 1. The third kappa shape index (κ3) is 3.25. The van der Waals surface area contributed by atoms with Crippen LogP contribution in [0.1, 0.15) is 21.7 Å². The third-order valence-electron chi connectivity index (χ3n) is 3.85. The van der Waals surface area contributed by atoms with Crippen LogP contribution >= 0.6 is 27.3 Å². The van der Waals surface area contributed by atoms with E-state index in [0.29, 0.717) is 23.8 Å². The highest BCUT2D eigenvalue weighted by molar-refractivity contribution is 9.10. The molecule has 3 aromatic heterocycles. The molecular weight excluding hydrogens is 402 g/mol. The second kappa shape index (κ2) is 6.50. The Morgan fingerprint density at radius 2 is 2.28 bits per heavy atom. The number of nitrogens with zero attached hydrogens (tertiary/aromatic N) is 1. The Morgan fingerprint density at radius 1 is 1.40 bits per heavy atom. The maximum Gasteiger partial charge on any atom is 0.268 e. The van der Waals surface area contributed by atoms with Gasteiger partial charge in [-0.15, -0.1) is 11.3 Å². The van der Waals surface area contributed by atoms with Gasteiger partial charge in [-0.1, -0.05) is 22.0 Å². The molecule has 0 fully saturated rings. The molecule has 7 heteroatoms. The average molecular weight is 416 g/mol. The van der Waals surface area contributed by atoms with E-state index in [9.17, 15) is 4.79 Å². The van der Waals surface area contributed by atoms with Crippen molar-refractivity contribution in [2.75, 3.05) is 0 Å². The lowest BCUT2D eigenvalue weighted by Crippen LogP contribution is -2.23. The van der Waals surface area contributed by atoms with Crippen LogP contribution in [0, 0.1) is 6.92 Å². The van der Waals surface area contributed by atoms with Gasteiger partial charge in [-0.2, -0.15) is 0 Å². The Hall–Kier alpha value is -2.38. The van der Waals surface area contributed by atoms with Crippen LogP contribution in [0.15, 0.2) is 50.9 Å². The van der Waals surface area contributed by atoms with E-state index in [1.54, 1.807) is 17.6 Å². The van der Waals surface area contributed by atoms with Crippen molar-refractivity contribution in [2.24, 2.45) is 0 Å². The normalized spacial score (nSPS) is 11.1. The van der Waals surface area contributed by atoms with E-state index >= 15 is 0 Å². The van der Waals surface area contributed by atoms with Crippen LogP contribution in [0.4, 0.5) is 0 Å². The van der Waals surface area contributed by atoms with Gasteiger partial charge in [0.25, 0.3) is 5.91 Å². The Kier molecular flexibility index (Phi) is 4.19. The number of aromatic amines is 1. The van der Waals surface area contributed by atoms with Crippen molar-refractivity contribution in [3.8, 4) is 10.8 Å². The van der Waals surface area contributed by atoms with Crippen molar-refractivity contribution < 1.29 is 9.21 Å². The number of aromatic nitrogens is 2. The van der Waals surface area contributed by atoms with Crippen molar-refractivity contribution in [2.45, 2.75) is 13.5 Å². The standard InChI is InChI=1S/C18H14BrN3O2S/c1-10-5-12(19)6-11-7-14(22-16(10)11)17(23)20-8-13-9-24-18(21-13)15-3-2-4-25-15/h2-7,9,22H,8H2,1H3,(H,20,23). The monoisotopic (exact) mass is 415 g/mol. The fourth-order valence-electron chi connectivity index (χ4n) is 2.67. The summed E-state index contributed by atoms with van der Waals surface area (Å²) in [6, 6.07) is 9.75. The molecule has 0 bridgehead atoms. The SMILES string of the molecule is Cc1cc(Br)cc2cc(C(=O)NCc3coc(-c4cccs4)n3)[nH]c12. The van der Waals surface area contributed by atoms with Crippen LogP contribution < -0.4 is 5.32 Å². The molecule has 0 saturated heterocycles. The molecule has 0 saturated carbocycles. The molecule has 4 rings (SSSR count). The molecular formula is C18H14BrN3O2S. The Morgan fingerprint density at radius 3 is 3.08 bits per heavy atom. The molecule has 4 aromatic rings. The fraction of sp³-hybridized carbons (Fsp3) is 0.111. The number of thiophene rings is 1. The number of hydrogen-bond acceptors (Lipinski definition) is 4. The first-order valence-electron chi connectivity index (χ1n) is 7.65. The van der Waals surface area contributed by atoms with Crippen LogP contribution in [0.3, 0.4) is 0 Å². The Bertz CT molecular complexity index is 1050. The van der Waals surface area contributed by atoms with E-state index in [-0.39, 0.29) is 5.91 Å². The van der Waals surface area contributed by atoms with Crippen molar-refractivity contribution >= 4 is 44.1 Å². The minimum atomic E-state index is -0.174. The number of amides is 1. The van der Waals surface area contributed by atoms with Crippen LogP contribution in [-0.2, 0) is 6.54 Å². The van der Waals surface area contributed by atoms with Crippen LogP contribution in [0.5, 0.6) is 0 Å². The van der Waals surface area contributed by atoms with Gasteiger partial charge in [0.1, 0.15) is 12.0 Å². The highest BCUT2D eigenvalue weighted by atomic mass is 79.9. The van der Waals surface area contributed by atoms with E-state index in [0.717, 1.165) is 25.8 Å². The van der Waals surface area contributed by atoms with Gasteiger partial charge in [0.15, 0.2) is 0 Å². The van der Waals surface area contributed by atoms with Gasteiger partial charge in [0.05, 0.1) is 17.1 Å². The largest absolute Gasteiger partial charge is 0.443 e. The fourth-order valence-corrected chi connectivity index (χ4v) is 3.92. The number of rotatable bonds is 4. The number of oxazole rings is 1. The second-order valence-electron chi connectivity index (χ2n) is 5.67. The smallest absolute Gasteiger partial charge is 0.268 e. The Labute approximate surface area is 156 Å². The molecule has 0 atom stereocenters. The molecule has 5 nitrogen and oxygen atoms in total. The number of nitrogens with one attached hydrogen (secondary N) is 2. The van der Waals surface area contributed by atoms with E-state index in [1.165, 1.54) is 0 Å². The quantitative estimate of drug-likeness (QED) is 0.498. The van der Waals surface area contributed by atoms with Crippen molar-refractivity contribution in [1.29, 1.82) is 0 Å². The average Bonchev–Trinajstić information content (AvgIpc) is 3.31. The van der Waals surface area contributed by atoms with Crippen LogP contribution in [0.25, 0.3) is 21.7 Å². The number of carbonyl (C=O) groups excluding carboxylic acids is 1. The second-order valence-corrected chi connectivity index (χ2v) is 7.54. The van der Waals surface area contributed by atoms with Gasteiger partial charge in [0.2, 0.25) is 5.89 Å². The van der Waals surface area contributed by atoms with Crippen LogP contribution in [0.2, 0.25) is 0 Å². The van der Waals surface area contributed by atoms with E-state index < -0.39 is 0 Å². The third-order valence-corrected chi connectivity index (χ3v) is 5.16. The molecule has 2 N–H and O–H groups in total. The highest BCUT2D eigenvalue weighted by Crippen LogP contribution is 2.25. The number of halogens is 1. The number of fused-ring (bicyclic) bond motifs is 1. The zero-order valence-electron chi connectivity index (χ0n) is 13.3. The van der Waals surface area contributed by atoms with Crippen molar-refractivity contribution in [1.82, 2.24) is 15.3 Å². The molecule has 0 spiro atoms. The van der Waals surface area contributed by atoms with Crippen molar-refractivity contribution in [3.05, 3.63) is 63.4 Å². The number of aryl methyl sites for hydroxylation is 1. The van der Waals surface area contributed by atoms with Gasteiger partial charge in [-0.05, 0) is 42.1 Å². The van der Waals surface area contributed by atoms with E-state index in [1.807, 2.05) is 42.6 Å². The first-order valence-corrected chi connectivity index (χ1v) is 9.33. The number of carbonyl (C=O) groups is 1. The summed E-state index contributed by atoms with van der Waals surface area (Å²) in [6.07, 6.45) is 1.57. The summed E-state index contributed by atoms with van der Waals surface area (Å²) in [5, 5.41) is 5.84. The molecule has 126 valence electrons. The highest BCUT2D eigenvalue weighted by Gasteiger charge is 2.13. The molecule has 1 amide bonds. The molecule has 1 aromatic carbocycles. The molecule has 3 heterocycles. The summed E-state index contributed by atoms with van der Waals surface area (Å²) in [5.41, 5.74) is 3.26. The van der Waals surface area contributed by atoms with E-state index in [4.69, 9.17) is 4.42 Å². The molecule has 0 aliphatic rings. The van der Waals surface area contributed by atoms with Crippen LogP contribution in [-0.4, -0.2) is 15.9 Å². The molecule has 0 aliphatic carbocycles. The summed E-state index contributed by atoms with van der Waals surface area (Å²) < 4.78 is 6.45. The lowest BCUT2D eigenvalue weighted by Gasteiger charge is -2.00. The molecule has 0 aliphatic heterocycles. The lowest BCUT2D eigenvalue weighted by molar-refractivity contribution is 0.0946. The predicted octanol–water partition coefficient (Wildman–Crippen LogP) is 4.89. The maximum atomic E-state index is 12.4. The van der Waals surface area contributed by atoms with Gasteiger partial charge >= 0.3 is 0 Å². The number of hydrogen-bond donors (Lipinski definition) is 2. The van der Waals surface area contributed by atoms with Crippen molar-refractivity contribution in [3.63, 3.8) is 0 Å². The predicted molar refractivity (Wildman–Crippen MR) is 102 cm³/mol. The minimum Gasteiger partial charge on any atom is -0.443 e. The maximum absolute atomic E-state index is 12.4. The first-order chi connectivity index (χ1) is 12.1. The van der Waals surface area contributed by atoms with Gasteiger partial charge < -0.3 is 14.7 Å². The van der Waals surface area contributed by atoms with Gasteiger partial charge in [0, 0.05) is 15.4 Å². The molecule has 0 unspecified atom stereocenters.